The summed E-state index contributed by atoms with van der Waals surface area (Å²) in [5.41, 5.74) is 8.27. The maximum Gasteiger partial charge on any atom is 0.405 e. The molecular formula is C22H24F3N9O2. The van der Waals surface area contributed by atoms with Gasteiger partial charge in [-0.15, -0.1) is 0 Å². The van der Waals surface area contributed by atoms with E-state index in [1.54, 1.807) is 47.2 Å². The van der Waals surface area contributed by atoms with Crippen molar-refractivity contribution in [1.82, 2.24) is 30.5 Å². The summed E-state index contributed by atoms with van der Waals surface area (Å²) in [6.07, 6.45) is 1.19. The zero-order valence-corrected chi connectivity index (χ0v) is 19.1. The molecule has 0 fully saturated rings. The van der Waals surface area contributed by atoms with Gasteiger partial charge >= 0.3 is 12.2 Å². The summed E-state index contributed by atoms with van der Waals surface area (Å²) in [6, 6.07) is 6.62. The van der Waals surface area contributed by atoms with Crippen LogP contribution in [0, 0.1) is 5.41 Å². The minimum atomic E-state index is -4.51. The molecular weight excluding hydrogens is 479 g/mol. The Labute approximate surface area is 203 Å². The molecule has 1 atom stereocenters. The van der Waals surface area contributed by atoms with Crippen LogP contribution in [0.2, 0.25) is 0 Å². The first-order valence-corrected chi connectivity index (χ1v) is 10.6. The molecule has 1 aromatic carbocycles. The van der Waals surface area contributed by atoms with E-state index >= 15 is 0 Å². The second kappa shape index (κ2) is 11.3. The van der Waals surface area contributed by atoms with E-state index in [0.29, 0.717) is 28.0 Å². The third-order valence-corrected chi connectivity index (χ3v) is 4.87. The number of aromatic nitrogens is 3. The monoisotopic (exact) mass is 503 g/mol. The SMILES string of the molecule is CC(N/C=C(\C=N)c1cnn2c(-c3cccc(NC(=O)NCC(F)(F)F)c3)cnc2c1)C(=O)NCN. The number of halogens is 3. The van der Waals surface area contributed by atoms with E-state index in [-0.39, 0.29) is 18.3 Å². The number of urea groups is 1. The van der Waals surface area contributed by atoms with Crippen LogP contribution in [0.3, 0.4) is 0 Å². The molecule has 3 aromatic rings. The number of nitrogens with one attached hydrogen (secondary N) is 5. The van der Waals surface area contributed by atoms with Gasteiger partial charge in [0.15, 0.2) is 5.65 Å². The standard InChI is InChI=1S/C22H24F3N9O2/c1-13(20(35)31-12-27)28-8-16(7-26)15-6-19-29-10-18(34(19)32-9-15)14-3-2-4-17(5-14)33-21(36)30-11-22(23,24)25/h2-10,13,26,28H,11-12,27H2,1H3,(H,31,35)(H2,30,33,36)/b16-8+,26-7?. The second-order valence-corrected chi connectivity index (χ2v) is 7.54. The van der Waals surface area contributed by atoms with Crippen LogP contribution in [0.15, 0.2) is 48.9 Å². The number of benzene rings is 1. The number of nitrogens with two attached hydrogens (primary N) is 1. The lowest BCUT2D eigenvalue weighted by Crippen LogP contribution is -2.42. The van der Waals surface area contributed by atoms with Gasteiger partial charge in [-0.1, -0.05) is 12.1 Å². The maximum atomic E-state index is 12.3. The fraction of sp³-hybridized carbons (Fsp3) is 0.227. The van der Waals surface area contributed by atoms with Crippen molar-refractivity contribution in [2.75, 3.05) is 18.5 Å². The van der Waals surface area contributed by atoms with Crippen LogP contribution in [0.5, 0.6) is 0 Å². The molecule has 0 spiro atoms. The van der Waals surface area contributed by atoms with Crippen molar-refractivity contribution in [3.05, 3.63) is 54.5 Å². The highest BCUT2D eigenvalue weighted by molar-refractivity contribution is 6.08. The van der Waals surface area contributed by atoms with Crippen LogP contribution < -0.4 is 27.0 Å². The van der Waals surface area contributed by atoms with E-state index in [0.717, 1.165) is 6.21 Å². The third kappa shape index (κ3) is 6.79. The molecule has 0 aliphatic rings. The molecule has 190 valence electrons. The molecule has 1 unspecified atom stereocenters. The quantitative estimate of drug-likeness (QED) is 0.193. The smallest absolute Gasteiger partial charge is 0.379 e. The second-order valence-electron chi connectivity index (χ2n) is 7.54. The van der Waals surface area contributed by atoms with Crippen LogP contribution in [-0.2, 0) is 4.79 Å². The Kier molecular flexibility index (Phi) is 8.22. The highest BCUT2D eigenvalue weighted by atomic mass is 19.4. The predicted octanol–water partition coefficient (Wildman–Crippen LogP) is 2.08. The molecule has 14 heteroatoms. The summed E-state index contributed by atoms with van der Waals surface area (Å²) in [5, 5.41) is 21.6. The molecule has 3 rings (SSSR count). The molecule has 36 heavy (non-hydrogen) atoms. The van der Waals surface area contributed by atoms with Crippen LogP contribution in [0.4, 0.5) is 23.7 Å². The zero-order valence-electron chi connectivity index (χ0n) is 19.1. The number of fused-ring (bicyclic) bond motifs is 1. The highest BCUT2D eigenvalue weighted by Gasteiger charge is 2.27. The Bertz CT molecular complexity index is 1290. The van der Waals surface area contributed by atoms with Crippen LogP contribution in [-0.4, -0.2) is 58.2 Å². The minimum Gasteiger partial charge on any atom is -0.379 e. The molecule has 0 saturated heterocycles. The largest absolute Gasteiger partial charge is 0.405 e. The van der Waals surface area contributed by atoms with Crippen LogP contribution in [0.25, 0.3) is 22.5 Å². The summed E-state index contributed by atoms with van der Waals surface area (Å²) >= 11 is 0. The molecule has 7 N–H and O–H groups in total. The van der Waals surface area contributed by atoms with E-state index in [9.17, 15) is 22.8 Å². The van der Waals surface area contributed by atoms with Gasteiger partial charge in [0.25, 0.3) is 0 Å². The minimum absolute atomic E-state index is 0.0129. The first-order chi connectivity index (χ1) is 17.1. The fourth-order valence-electron chi connectivity index (χ4n) is 3.10. The Balaban J connectivity index is 1.79. The van der Waals surface area contributed by atoms with Gasteiger partial charge in [-0.3, -0.25) is 4.79 Å². The molecule has 0 radical (unpaired) electrons. The Morgan fingerprint density at radius 1 is 1.22 bits per heavy atom. The van der Waals surface area contributed by atoms with Crippen molar-refractivity contribution < 1.29 is 22.8 Å². The number of anilines is 1. The molecule has 0 bridgehead atoms. The lowest BCUT2D eigenvalue weighted by atomic mass is 10.1. The zero-order chi connectivity index (χ0) is 26.3. The van der Waals surface area contributed by atoms with Gasteiger partial charge in [0.2, 0.25) is 5.91 Å². The summed E-state index contributed by atoms with van der Waals surface area (Å²) in [7, 11) is 0. The average molecular weight is 503 g/mol. The van der Waals surface area contributed by atoms with Gasteiger partial charge < -0.3 is 32.4 Å². The number of alkyl halides is 3. The normalized spacial score (nSPS) is 12.6. The number of rotatable bonds is 9. The predicted molar refractivity (Wildman–Crippen MR) is 128 cm³/mol. The van der Waals surface area contributed by atoms with E-state index in [2.05, 4.69) is 26.0 Å². The number of carbonyl (C=O) groups is 2. The number of hydrogen-bond acceptors (Lipinski definition) is 7. The number of nitrogens with zero attached hydrogens (tertiary/aromatic N) is 3. The number of amides is 3. The molecule has 2 aromatic heterocycles. The van der Waals surface area contributed by atoms with Gasteiger partial charge in [0, 0.05) is 34.8 Å². The van der Waals surface area contributed by atoms with Crippen molar-refractivity contribution in [2.45, 2.75) is 19.1 Å². The molecule has 0 aliphatic heterocycles. The summed E-state index contributed by atoms with van der Waals surface area (Å²) in [4.78, 5) is 27.9. The van der Waals surface area contributed by atoms with Gasteiger partial charge in [-0.2, -0.15) is 18.3 Å². The Morgan fingerprint density at radius 3 is 2.69 bits per heavy atom. The molecule has 3 amide bonds. The molecule has 11 nitrogen and oxygen atoms in total. The van der Waals surface area contributed by atoms with Crippen LogP contribution >= 0.6 is 0 Å². The maximum absolute atomic E-state index is 12.3. The molecule has 0 aliphatic carbocycles. The lowest BCUT2D eigenvalue weighted by molar-refractivity contribution is -0.123. The number of allylic oxidation sites excluding steroid dienone is 1. The summed E-state index contributed by atoms with van der Waals surface area (Å²) in [5.74, 6) is -0.292. The van der Waals surface area contributed by atoms with Crippen molar-refractivity contribution in [3.63, 3.8) is 0 Å². The topological polar surface area (TPSA) is 162 Å². The first-order valence-electron chi connectivity index (χ1n) is 10.6. The number of carbonyl (C=O) groups excluding carboxylic acids is 2. The number of hydrogen-bond donors (Lipinski definition) is 6. The van der Waals surface area contributed by atoms with Gasteiger partial charge in [0.05, 0.1) is 24.8 Å². The molecule has 0 saturated carbocycles. The van der Waals surface area contributed by atoms with Gasteiger partial charge in [-0.05, 0) is 25.1 Å². The van der Waals surface area contributed by atoms with Gasteiger partial charge in [0.1, 0.15) is 12.6 Å². The fourth-order valence-corrected chi connectivity index (χ4v) is 3.10. The van der Waals surface area contributed by atoms with Crippen molar-refractivity contribution in [1.29, 1.82) is 5.41 Å². The lowest BCUT2D eigenvalue weighted by Gasteiger charge is -2.12. The third-order valence-electron chi connectivity index (χ3n) is 4.87. The average Bonchev–Trinajstić information content (AvgIpc) is 3.26. The summed E-state index contributed by atoms with van der Waals surface area (Å²) in [6.45, 7) is 0.215. The summed E-state index contributed by atoms with van der Waals surface area (Å²) < 4.78 is 38.4. The van der Waals surface area contributed by atoms with Crippen molar-refractivity contribution in [3.8, 4) is 11.3 Å². The molecule has 2 heterocycles. The van der Waals surface area contributed by atoms with E-state index < -0.39 is 24.8 Å². The van der Waals surface area contributed by atoms with Crippen LogP contribution in [0.1, 0.15) is 12.5 Å². The first kappa shape index (κ1) is 26.2. The Morgan fingerprint density at radius 2 is 2.00 bits per heavy atom. The number of imidazole rings is 1. The van der Waals surface area contributed by atoms with Crippen molar-refractivity contribution >= 4 is 35.1 Å². The van der Waals surface area contributed by atoms with Crippen molar-refractivity contribution in [2.24, 2.45) is 5.73 Å². The van der Waals surface area contributed by atoms with E-state index in [1.165, 1.54) is 18.5 Å². The van der Waals surface area contributed by atoms with E-state index in [4.69, 9.17) is 11.1 Å². The van der Waals surface area contributed by atoms with Gasteiger partial charge in [-0.25, -0.2) is 14.3 Å². The highest BCUT2D eigenvalue weighted by Crippen LogP contribution is 2.24. The van der Waals surface area contributed by atoms with E-state index in [1.807, 2.05) is 0 Å². The Hall–Kier alpha value is -4.46.